The van der Waals surface area contributed by atoms with Crippen LogP contribution in [-0.2, 0) is 15.8 Å². The molecule has 0 radical (unpaired) electrons. The summed E-state index contributed by atoms with van der Waals surface area (Å²) < 4.78 is 39.3. The van der Waals surface area contributed by atoms with Gasteiger partial charge in [-0.2, -0.15) is 13.2 Å². The first-order chi connectivity index (χ1) is 16.0. The van der Waals surface area contributed by atoms with Crippen LogP contribution in [0.2, 0.25) is 0 Å². The molecule has 0 spiro atoms. The molecule has 34 heavy (non-hydrogen) atoms. The molecule has 2 aliphatic heterocycles. The maximum atomic E-state index is 13.1. The number of nitrogens with one attached hydrogen (secondary N) is 2. The molecule has 3 rings (SSSR count). The number of benzene rings is 1. The van der Waals surface area contributed by atoms with Gasteiger partial charge in [0.1, 0.15) is 0 Å². The van der Waals surface area contributed by atoms with E-state index in [4.69, 9.17) is 0 Å². The number of piperidine rings is 1. The van der Waals surface area contributed by atoms with Crippen LogP contribution in [0.5, 0.6) is 0 Å². The fourth-order valence-corrected chi connectivity index (χ4v) is 4.22. The lowest BCUT2D eigenvalue weighted by molar-refractivity contribution is -0.137. The van der Waals surface area contributed by atoms with Crippen molar-refractivity contribution in [3.05, 3.63) is 29.8 Å². The minimum Gasteiger partial charge on any atom is -0.342 e. The second kappa shape index (κ2) is 11.1. The van der Waals surface area contributed by atoms with Gasteiger partial charge in [-0.3, -0.25) is 14.5 Å². The summed E-state index contributed by atoms with van der Waals surface area (Å²) in [6, 6.07) is 4.72. The zero-order valence-corrected chi connectivity index (χ0v) is 19.5. The van der Waals surface area contributed by atoms with Gasteiger partial charge in [0.25, 0.3) is 0 Å². The lowest BCUT2D eigenvalue weighted by atomic mass is 10.0. The van der Waals surface area contributed by atoms with Gasteiger partial charge in [0, 0.05) is 51.2 Å². The molecule has 11 heteroatoms. The van der Waals surface area contributed by atoms with Gasteiger partial charge in [0.05, 0.1) is 17.8 Å². The number of amides is 4. The van der Waals surface area contributed by atoms with Crippen molar-refractivity contribution in [2.75, 3.05) is 51.1 Å². The molecule has 4 amide bonds. The van der Waals surface area contributed by atoms with Crippen molar-refractivity contribution in [1.82, 2.24) is 20.0 Å². The number of hydrogen-bond donors (Lipinski definition) is 2. The van der Waals surface area contributed by atoms with Crippen LogP contribution >= 0.6 is 0 Å². The number of anilines is 1. The van der Waals surface area contributed by atoms with Gasteiger partial charge < -0.3 is 20.4 Å². The fraction of sp³-hybridized carbons (Fsp3) is 0.609. The van der Waals surface area contributed by atoms with E-state index in [9.17, 15) is 27.6 Å². The molecular formula is C23H32F3N5O3. The van der Waals surface area contributed by atoms with Gasteiger partial charge >= 0.3 is 12.2 Å². The number of para-hydroxylation sites is 1. The molecule has 0 unspecified atom stereocenters. The van der Waals surface area contributed by atoms with Gasteiger partial charge in [-0.1, -0.05) is 26.0 Å². The molecule has 8 nitrogen and oxygen atoms in total. The third-order valence-electron chi connectivity index (χ3n) is 6.16. The first-order valence-corrected chi connectivity index (χ1v) is 11.6. The maximum Gasteiger partial charge on any atom is 0.418 e. The number of nitrogens with zero attached hydrogens (tertiary/aromatic N) is 3. The molecule has 2 heterocycles. The number of carbonyl (C=O) groups excluding carboxylic acids is 3. The Bertz CT molecular complexity index is 877. The minimum atomic E-state index is -4.55. The van der Waals surface area contributed by atoms with Gasteiger partial charge in [-0.15, -0.1) is 0 Å². The minimum absolute atomic E-state index is 0.0150. The summed E-state index contributed by atoms with van der Waals surface area (Å²) in [5, 5.41) is 5.38. The van der Waals surface area contributed by atoms with Crippen LogP contribution in [0, 0.1) is 5.92 Å². The molecule has 1 aromatic rings. The van der Waals surface area contributed by atoms with Crippen molar-refractivity contribution in [2.24, 2.45) is 5.92 Å². The number of alkyl halides is 3. The summed E-state index contributed by atoms with van der Waals surface area (Å²) in [5.74, 6) is -0.437. The van der Waals surface area contributed by atoms with Crippen LogP contribution in [0.25, 0.3) is 0 Å². The summed E-state index contributed by atoms with van der Waals surface area (Å²) in [5.41, 5.74) is -1.15. The van der Waals surface area contributed by atoms with E-state index in [1.165, 1.54) is 18.2 Å². The van der Waals surface area contributed by atoms with Crippen molar-refractivity contribution < 1.29 is 27.6 Å². The first-order valence-electron chi connectivity index (χ1n) is 11.6. The van der Waals surface area contributed by atoms with Crippen LogP contribution in [0.1, 0.15) is 32.3 Å². The van der Waals surface area contributed by atoms with E-state index in [-0.39, 0.29) is 36.1 Å². The molecular weight excluding hydrogens is 451 g/mol. The number of hydrogen-bond acceptors (Lipinski definition) is 4. The highest BCUT2D eigenvalue weighted by Crippen LogP contribution is 2.34. The third kappa shape index (κ3) is 6.85. The van der Waals surface area contributed by atoms with Crippen molar-refractivity contribution in [3.8, 4) is 0 Å². The van der Waals surface area contributed by atoms with E-state index in [2.05, 4.69) is 10.6 Å². The fourth-order valence-electron chi connectivity index (χ4n) is 4.22. The number of carbonyl (C=O) groups is 3. The molecule has 0 aliphatic carbocycles. The molecule has 188 valence electrons. The zero-order chi connectivity index (χ0) is 24.9. The molecule has 2 aliphatic rings. The number of urea groups is 1. The van der Waals surface area contributed by atoms with E-state index < -0.39 is 17.6 Å². The number of likely N-dealkylation sites (tertiary alicyclic amines) is 1. The van der Waals surface area contributed by atoms with Crippen LogP contribution in [-0.4, -0.2) is 84.4 Å². The number of piperazine rings is 1. The van der Waals surface area contributed by atoms with Gasteiger partial charge in [0.15, 0.2) is 0 Å². The Morgan fingerprint density at radius 2 is 1.59 bits per heavy atom. The lowest BCUT2D eigenvalue weighted by Crippen LogP contribution is -2.55. The van der Waals surface area contributed by atoms with Crippen molar-refractivity contribution in [1.29, 1.82) is 0 Å². The highest BCUT2D eigenvalue weighted by atomic mass is 19.4. The van der Waals surface area contributed by atoms with E-state index in [0.717, 1.165) is 6.07 Å². The second-order valence-corrected chi connectivity index (χ2v) is 9.06. The van der Waals surface area contributed by atoms with E-state index in [0.29, 0.717) is 52.1 Å². The van der Waals surface area contributed by atoms with Crippen LogP contribution in [0.15, 0.2) is 24.3 Å². The van der Waals surface area contributed by atoms with Gasteiger partial charge in [-0.25, -0.2) is 4.79 Å². The summed E-state index contributed by atoms with van der Waals surface area (Å²) in [6.45, 7) is 6.69. The highest BCUT2D eigenvalue weighted by molar-refractivity contribution is 5.93. The normalized spacial score (nSPS) is 18.2. The Kier molecular flexibility index (Phi) is 8.40. The van der Waals surface area contributed by atoms with Gasteiger partial charge in [-0.05, 0) is 25.0 Å². The Labute approximate surface area is 197 Å². The predicted octanol–water partition coefficient (Wildman–Crippen LogP) is 2.62. The largest absolute Gasteiger partial charge is 0.418 e. The van der Waals surface area contributed by atoms with Crippen LogP contribution < -0.4 is 10.6 Å². The monoisotopic (exact) mass is 483 g/mol. The lowest BCUT2D eigenvalue weighted by Gasteiger charge is -2.37. The van der Waals surface area contributed by atoms with Crippen molar-refractivity contribution >= 4 is 23.5 Å². The van der Waals surface area contributed by atoms with E-state index in [1.807, 2.05) is 23.6 Å². The SMILES string of the molecule is CC(C)C(=O)N1CCC(NC(=O)N2CCN(CC(=O)Nc3ccccc3C(F)(F)F)CC2)CC1. The summed E-state index contributed by atoms with van der Waals surface area (Å²) >= 11 is 0. The highest BCUT2D eigenvalue weighted by Gasteiger charge is 2.34. The second-order valence-electron chi connectivity index (χ2n) is 9.06. The molecule has 0 bridgehead atoms. The Morgan fingerprint density at radius 3 is 2.18 bits per heavy atom. The molecule has 0 saturated carbocycles. The summed E-state index contributed by atoms with van der Waals surface area (Å²) in [6.07, 6.45) is -3.13. The third-order valence-corrected chi connectivity index (χ3v) is 6.16. The Morgan fingerprint density at radius 1 is 0.971 bits per heavy atom. The maximum absolute atomic E-state index is 13.1. The first kappa shape index (κ1) is 25.8. The number of halogens is 3. The smallest absolute Gasteiger partial charge is 0.342 e. The van der Waals surface area contributed by atoms with E-state index in [1.54, 1.807) is 4.90 Å². The molecule has 1 aromatic carbocycles. The topological polar surface area (TPSA) is 85.0 Å². The summed E-state index contributed by atoms with van der Waals surface area (Å²) in [7, 11) is 0. The average molecular weight is 484 g/mol. The van der Waals surface area contributed by atoms with Crippen molar-refractivity contribution in [3.63, 3.8) is 0 Å². The quantitative estimate of drug-likeness (QED) is 0.675. The van der Waals surface area contributed by atoms with Crippen LogP contribution in [0.3, 0.4) is 0 Å². The average Bonchev–Trinajstić information content (AvgIpc) is 2.79. The van der Waals surface area contributed by atoms with E-state index >= 15 is 0 Å². The Hall–Kier alpha value is -2.82. The zero-order valence-electron chi connectivity index (χ0n) is 19.5. The standard InChI is InChI=1S/C23H32F3N5O3/c1-16(2)21(33)30-9-7-17(8-10-30)27-22(34)31-13-11-29(12-14-31)15-20(32)28-19-6-4-3-5-18(19)23(24,25)26/h3-6,16-17H,7-15H2,1-2H3,(H,27,34)(H,28,32). The molecule has 0 aromatic heterocycles. The molecule has 2 fully saturated rings. The molecule has 0 atom stereocenters. The molecule has 2 N–H and O–H groups in total. The van der Waals surface area contributed by atoms with Gasteiger partial charge in [0.2, 0.25) is 11.8 Å². The van der Waals surface area contributed by atoms with Crippen LogP contribution in [0.4, 0.5) is 23.7 Å². The Balaban J connectivity index is 1.40. The predicted molar refractivity (Wildman–Crippen MR) is 121 cm³/mol. The molecule has 2 saturated heterocycles. The number of rotatable bonds is 5. The van der Waals surface area contributed by atoms with Crippen molar-refractivity contribution in [2.45, 2.75) is 38.9 Å². The summed E-state index contributed by atoms with van der Waals surface area (Å²) in [4.78, 5) is 42.4.